The number of pyridine rings is 1. The number of carbonyl (C=O) groups is 2. The Morgan fingerprint density at radius 3 is 2.14 bits per heavy atom. The van der Waals surface area contributed by atoms with Gasteiger partial charge in [-0.2, -0.15) is 0 Å². The van der Waals surface area contributed by atoms with Crippen LogP contribution in [0.3, 0.4) is 0 Å². The quantitative estimate of drug-likeness (QED) is 0.217. The minimum absolute atomic E-state index is 0.0123. The van der Waals surface area contributed by atoms with E-state index in [1.807, 2.05) is 60.7 Å². The van der Waals surface area contributed by atoms with Gasteiger partial charge in [-0.15, -0.1) is 0 Å². The molecule has 42 heavy (non-hydrogen) atoms. The van der Waals surface area contributed by atoms with E-state index in [1.54, 1.807) is 11.5 Å². The van der Waals surface area contributed by atoms with Crippen LogP contribution in [0, 0.1) is 5.82 Å². The van der Waals surface area contributed by atoms with Crippen LogP contribution < -0.4 is 10.2 Å². The van der Waals surface area contributed by atoms with E-state index in [2.05, 4.69) is 0 Å². The van der Waals surface area contributed by atoms with E-state index in [0.29, 0.717) is 24.8 Å². The minimum atomic E-state index is -1.30. The number of nitrogens with zero attached hydrogens (tertiary/aromatic N) is 1. The lowest BCUT2D eigenvalue weighted by molar-refractivity contribution is -0.158. The number of carbonyl (C=O) groups excluding carboxylic acids is 2. The number of hydrogen-bond donors (Lipinski definition) is 0. The molecule has 0 aliphatic heterocycles. The van der Waals surface area contributed by atoms with Crippen LogP contribution in [0.5, 0.6) is 5.75 Å². The number of methoxy groups -OCH3 is 1. The predicted molar refractivity (Wildman–Crippen MR) is 155 cm³/mol. The van der Waals surface area contributed by atoms with E-state index >= 15 is 4.39 Å². The number of fused-ring (bicyclic) bond motifs is 1. The van der Waals surface area contributed by atoms with Crippen molar-refractivity contribution in [3.63, 3.8) is 0 Å². The summed E-state index contributed by atoms with van der Waals surface area (Å²) in [7, 11) is 1.41. The van der Waals surface area contributed by atoms with Gasteiger partial charge in [-0.1, -0.05) is 67.1 Å². The smallest absolute Gasteiger partial charge is 0.343 e. The number of aromatic nitrogens is 1. The molecule has 0 unspecified atom stereocenters. The number of ether oxygens (including phenoxy) is 3. The number of halogens is 1. The van der Waals surface area contributed by atoms with Crippen LogP contribution in [0.2, 0.25) is 0 Å². The standard InChI is InChI=1S/C34H32FNO6/c1-3-41-32(38)25-20-36(23-15-16-23)28-24(29(25)37)19-26(35)27(31(28)40-2)34(17-10-18-34)33(39)42-30(21-11-6-4-7-12-21)22-13-8-5-9-14-22/h4-9,11-14,19-20,23,30H,3,10,15-18H2,1-2H3. The molecule has 216 valence electrons. The zero-order chi connectivity index (χ0) is 29.4. The first-order chi connectivity index (χ1) is 20.4. The fourth-order valence-corrected chi connectivity index (χ4v) is 5.98. The molecule has 2 saturated carbocycles. The fraction of sp³-hybridized carbons (Fsp3) is 0.324. The Hall–Kier alpha value is -4.46. The van der Waals surface area contributed by atoms with Gasteiger partial charge in [0.15, 0.2) is 11.9 Å². The van der Waals surface area contributed by atoms with E-state index in [9.17, 15) is 14.4 Å². The average Bonchev–Trinajstić information content (AvgIpc) is 3.83. The molecule has 6 rings (SSSR count). The first-order valence-electron chi connectivity index (χ1n) is 14.3. The maximum atomic E-state index is 16.3. The molecule has 0 radical (unpaired) electrons. The number of esters is 2. The molecule has 4 aromatic rings. The Bertz CT molecular complexity index is 1670. The Morgan fingerprint density at radius 1 is 1.02 bits per heavy atom. The van der Waals surface area contributed by atoms with Crippen molar-refractivity contribution in [2.24, 2.45) is 0 Å². The second-order valence-electron chi connectivity index (χ2n) is 10.9. The first-order valence-corrected chi connectivity index (χ1v) is 14.3. The molecule has 0 N–H and O–H groups in total. The summed E-state index contributed by atoms with van der Waals surface area (Å²) in [4.78, 5) is 40.3. The van der Waals surface area contributed by atoms with E-state index in [0.717, 1.165) is 30.0 Å². The molecule has 0 atom stereocenters. The van der Waals surface area contributed by atoms with Crippen LogP contribution in [0.25, 0.3) is 10.9 Å². The van der Waals surface area contributed by atoms with Crippen LogP contribution in [0.4, 0.5) is 4.39 Å². The van der Waals surface area contributed by atoms with Gasteiger partial charge in [0.2, 0.25) is 5.43 Å². The molecule has 1 aromatic heterocycles. The zero-order valence-corrected chi connectivity index (χ0v) is 23.6. The van der Waals surface area contributed by atoms with Crippen molar-refractivity contribution in [2.45, 2.75) is 56.6 Å². The third kappa shape index (κ3) is 4.65. The zero-order valence-electron chi connectivity index (χ0n) is 23.6. The summed E-state index contributed by atoms with van der Waals surface area (Å²) in [5, 5.41) is 0.0137. The molecule has 0 saturated heterocycles. The average molecular weight is 570 g/mol. The summed E-state index contributed by atoms with van der Waals surface area (Å²) in [6, 6.07) is 20.0. The van der Waals surface area contributed by atoms with Gasteiger partial charge in [0.05, 0.1) is 30.0 Å². The van der Waals surface area contributed by atoms with Crippen LogP contribution in [-0.2, 0) is 19.7 Å². The fourth-order valence-electron chi connectivity index (χ4n) is 5.98. The van der Waals surface area contributed by atoms with Crippen LogP contribution in [0.1, 0.15) is 78.2 Å². The Balaban J connectivity index is 1.50. The topological polar surface area (TPSA) is 83.8 Å². The normalized spacial score (nSPS) is 15.7. The second-order valence-corrected chi connectivity index (χ2v) is 10.9. The lowest BCUT2D eigenvalue weighted by atomic mass is 9.63. The molecule has 0 amide bonds. The molecule has 2 aliphatic rings. The number of hydrogen-bond acceptors (Lipinski definition) is 6. The summed E-state index contributed by atoms with van der Waals surface area (Å²) in [6.07, 6.45) is 3.90. The Morgan fingerprint density at radius 2 is 1.64 bits per heavy atom. The highest BCUT2D eigenvalue weighted by molar-refractivity contribution is 5.97. The van der Waals surface area contributed by atoms with E-state index < -0.39 is 34.7 Å². The van der Waals surface area contributed by atoms with Crippen molar-refractivity contribution >= 4 is 22.8 Å². The molecule has 1 heterocycles. The predicted octanol–water partition coefficient (Wildman–Crippen LogP) is 6.42. The van der Waals surface area contributed by atoms with Crippen molar-refractivity contribution in [3.05, 3.63) is 111 Å². The highest BCUT2D eigenvalue weighted by atomic mass is 19.1. The Kier molecular flexibility index (Phi) is 7.31. The summed E-state index contributed by atoms with van der Waals surface area (Å²) >= 11 is 0. The van der Waals surface area contributed by atoms with Crippen molar-refractivity contribution in [1.82, 2.24) is 4.57 Å². The molecule has 3 aromatic carbocycles. The third-order valence-corrected chi connectivity index (χ3v) is 8.37. The summed E-state index contributed by atoms with van der Waals surface area (Å²) in [5.41, 5.74) is -0.0322. The van der Waals surface area contributed by atoms with Gasteiger partial charge in [0.25, 0.3) is 0 Å². The molecule has 2 aliphatic carbocycles. The largest absolute Gasteiger partial charge is 0.494 e. The number of rotatable bonds is 9. The molecular weight excluding hydrogens is 537 g/mol. The van der Waals surface area contributed by atoms with Gasteiger partial charge in [-0.25, -0.2) is 9.18 Å². The third-order valence-electron chi connectivity index (χ3n) is 8.37. The van der Waals surface area contributed by atoms with Crippen LogP contribution >= 0.6 is 0 Å². The number of benzene rings is 3. The minimum Gasteiger partial charge on any atom is -0.494 e. The molecule has 7 nitrogen and oxygen atoms in total. The Labute approximate surface area is 242 Å². The van der Waals surface area contributed by atoms with E-state index in [-0.39, 0.29) is 34.9 Å². The van der Waals surface area contributed by atoms with Crippen LogP contribution in [-0.4, -0.2) is 30.2 Å². The van der Waals surface area contributed by atoms with Gasteiger partial charge < -0.3 is 18.8 Å². The van der Waals surface area contributed by atoms with Gasteiger partial charge in [-0.05, 0) is 49.8 Å². The monoisotopic (exact) mass is 569 g/mol. The van der Waals surface area contributed by atoms with Crippen molar-refractivity contribution in [1.29, 1.82) is 0 Å². The molecule has 2 fully saturated rings. The van der Waals surface area contributed by atoms with Crippen LogP contribution in [0.15, 0.2) is 77.7 Å². The lowest BCUT2D eigenvalue weighted by Gasteiger charge is -2.41. The summed E-state index contributed by atoms with van der Waals surface area (Å²) < 4.78 is 35.3. The highest BCUT2D eigenvalue weighted by Crippen LogP contribution is 2.52. The second kappa shape index (κ2) is 11.1. The van der Waals surface area contributed by atoms with Crippen molar-refractivity contribution in [2.75, 3.05) is 13.7 Å². The van der Waals surface area contributed by atoms with E-state index in [4.69, 9.17) is 14.2 Å². The highest BCUT2D eigenvalue weighted by Gasteiger charge is 2.52. The summed E-state index contributed by atoms with van der Waals surface area (Å²) in [6.45, 7) is 1.76. The molecule has 0 spiro atoms. The van der Waals surface area contributed by atoms with Crippen molar-refractivity contribution < 1.29 is 28.2 Å². The van der Waals surface area contributed by atoms with E-state index in [1.165, 1.54) is 13.3 Å². The lowest BCUT2D eigenvalue weighted by Crippen LogP contribution is -2.45. The first kappa shape index (κ1) is 27.7. The van der Waals surface area contributed by atoms with Gasteiger partial charge in [-0.3, -0.25) is 9.59 Å². The van der Waals surface area contributed by atoms with Gasteiger partial charge in [0, 0.05) is 17.8 Å². The maximum absolute atomic E-state index is 16.3. The molecular formula is C34H32FNO6. The summed E-state index contributed by atoms with van der Waals surface area (Å²) in [5.74, 6) is -1.93. The van der Waals surface area contributed by atoms with Gasteiger partial charge >= 0.3 is 11.9 Å². The SMILES string of the molecule is CCOC(=O)c1cn(C2CC2)c2c(OC)c(C3(C(=O)OC(c4ccccc4)c4ccccc4)CCC3)c(F)cc2c1=O. The molecule has 0 bridgehead atoms. The molecule has 8 heteroatoms. The van der Waals surface area contributed by atoms with Crippen molar-refractivity contribution in [3.8, 4) is 5.75 Å². The van der Waals surface area contributed by atoms with Gasteiger partial charge in [0.1, 0.15) is 11.4 Å². The maximum Gasteiger partial charge on any atom is 0.343 e.